The van der Waals surface area contributed by atoms with E-state index >= 15 is 0 Å². The van der Waals surface area contributed by atoms with Gasteiger partial charge >= 0.3 is 0 Å². The summed E-state index contributed by atoms with van der Waals surface area (Å²) in [5, 5.41) is 2.04. The lowest BCUT2D eigenvalue weighted by atomic mass is 9.94. The van der Waals surface area contributed by atoms with Crippen molar-refractivity contribution in [1.29, 1.82) is 0 Å². The largest absolute Gasteiger partial charge is 0.459 e. The summed E-state index contributed by atoms with van der Waals surface area (Å²) >= 11 is 1.68. The van der Waals surface area contributed by atoms with Crippen LogP contribution in [0, 0.1) is 5.92 Å². The summed E-state index contributed by atoms with van der Waals surface area (Å²) in [4.78, 5) is 30.6. The summed E-state index contributed by atoms with van der Waals surface area (Å²) in [6.07, 6.45) is 5.13. The van der Waals surface area contributed by atoms with Crippen LogP contribution in [0.5, 0.6) is 0 Å². The van der Waals surface area contributed by atoms with Crippen molar-refractivity contribution in [2.24, 2.45) is 5.92 Å². The second-order valence-corrected chi connectivity index (χ2v) is 8.51. The van der Waals surface area contributed by atoms with Gasteiger partial charge in [0.25, 0.3) is 5.91 Å². The van der Waals surface area contributed by atoms with Gasteiger partial charge in [0.05, 0.1) is 18.9 Å². The Hall–Kier alpha value is -2.12. The summed E-state index contributed by atoms with van der Waals surface area (Å²) in [5.41, 5.74) is 0. The van der Waals surface area contributed by atoms with Crippen molar-refractivity contribution in [2.75, 3.05) is 26.2 Å². The van der Waals surface area contributed by atoms with Crippen LogP contribution in [0.25, 0.3) is 0 Å². The highest BCUT2D eigenvalue weighted by Crippen LogP contribution is 2.24. The zero-order valence-corrected chi connectivity index (χ0v) is 16.7. The molecule has 2 aromatic rings. The molecule has 0 aliphatic carbocycles. The predicted molar refractivity (Wildman–Crippen MR) is 106 cm³/mol. The molecule has 2 aliphatic heterocycles. The van der Waals surface area contributed by atoms with Gasteiger partial charge in [-0.15, -0.1) is 11.3 Å². The summed E-state index contributed by atoms with van der Waals surface area (Å²) in [6, 6.07) is 7.50. The highest BCUT2D eigenvalue weighted by molar-refractivity contribution is 7.09. The summed E-state index contributed by atoms with van der Waals surface area (Å²) in [5.74, 6) is 0.421. The number of nitrogens with zero attached hydrogens (tertiary/aromatic N) is 2. The standard InChI is InChI=1S/C21H26N2O4S/c24-20(16-7-9-22(10-8-16)21(25)19-6-2-12-27-19)23(14-17-4-1-11-26-17)15-18-5-3-13-28-18/h2-3,5-6,12-13,16-17H,1,4,7-11,14-15H2. The Kier molecular flexibility index (Phi) is 6.12. The van der Waals surface area contributed by atoms with E-state index in [9.17, 15) is 9.59 Å². The first-order valence-corrected chi connectivity index (χ1v) is 10.8. The molecule has 4 heterocycles. The van der Waals surface area contributed by atoms with E-state index in [0.717, 1.165) is 19.4 Å². The molecule has 2 fully saturated rings. The van der Waals surface area contributed by atoms with Crippen molar-refractivity contribution in [2.45, 2.75) is 38.3 Å². The van der Waals surface area contributed by atoms with Crippen LogP contribution in [-0.2, 0) is 16.1 Å². The summed E-state index contributed by atoms with van der Waals surface area (Å²) in [7, 11) is 0. The van der Waals surface area contributed by atoms with Gasteiger partial charge in [-0.25, -0.2) is 0 Å². The SMILES string of the molecule is O=C(c1ccco1)N1CCC(C(=O)N(Cc2cccs2)CC2CCCO2)CC1. The normalized spacial score (nSPS) is 20.4. The second kappa shape index (κ2) is 8.92. The third-order valence-corrected chi connectivity index (χ3v) is 6.41. The number of ether oxygens (including phenoxy) is 1. The van der Waals surface area contributed by atoms with Gasteiger partial charge in [0.1, 0.15) is 0 Å². The Labute approximate surface area is 169 Å². The third kappa shape index (κ3) is 4.47. The summed E-state index contributed by atoms with van der Waals surface area (Å²) in [6.45, 7) is 3.26. The molecule has 28 heavy (non-hydrogen) atoms. The minimum atomic E-state index is -0.0919. The molecule has 7 heteroatoms. The Morgan fingerprint density at radius 3 is 2.68 bits per heavy atom. The Balaban J connectivity index is 1.37. The lowest BCUT2D eigenvalue weighted by molar-refractivity contribution is -0.139. The topological polar surface area (TPSA) is 63.0 Å². The molecular formula is C21H26N2O4S. The van der Waals surface area contributed by atoms with Gasteiger partial charge in [0, 0.05) is 37.0 Å². The Morgan fingerprint density at radius 1 is 1.18 bits per heavy atom. The lowest BCUT2D eigenvalue weighted by Crippen LogP contribution is -2.45. The number of hydrogen-bond acceptors (Lipinski definition) is 5. The number of rotatable bonds is 6. The number of thiophene rings is 1. The number of likely N-dealkylation sites (tertiary alicyclic amines) is 1. The molecule has 0 saturated carbocycles. The van der Waals surface area contributed by atoms with Crippen molar-refractivity contribution in [3.8, 4) is 0 Å². The van der Waals surface area contributed by atoms with Crippen molar-refractivity contribution in [3.05, 3.63) is 46.5 Å². The number of hydrogen-bond donors (Lipinski definition) is 0. The molecule has 6 nitrogen and oxygen atoms in total. The van der Waals surface area contributed by atoms with E-state index in [1.807, 2.05) is 16.3 Å². The van der Waals surface area contributed by atoms with Gasteiger partial charge in [-0.05, 0) is 49.3 Å². The fourth-order valence-electron chi connectivity index (χ4n) is 4.00. The molecule has 0 spiro atoms. The summed E-state index contributed by atoms with van der Waals surface area (Å²) < 4.78 is 11.0. The molecule has 1 atom stereocenters. The van der Waals surface area contributed by atoms with Gasteiger partial charge in [0.2, 0.25) is 5.91 Å². The van der Waals surface area contributed by atoms with Crippen LogP contribution < -0.4 is 0 Å². The third-order valence-electron chi connectivity index (χ3n) is 5.55. The first-order valence-electron chi connectivity index (χ1n) is 9.96. The molecule has 2 amide bonds. The van der Waals surface area contributed by atoms with E-state index < -0.39 is 0 Å². The fourth-order valence-corrected chi connectivity index (χ4v) is 4.72. The smallest absolute Gasteiger partial charge is 0.289 e. The monoisotopic (exact) mass is 402 g/mol. The minimum Gasteiger partial charge on any atom is -0.459 e. The van der Waals surface area contributed by atoms with E-state index in [0.29, 0.717) is 44.8 Å². The fraction of sp³-hybridized carbons (Fsp3) is 0.524. The van der Waals surface area contributed by atoms with Crippen LogP contribution in [0.4, 0.5) is 0 Å². The highest BCUT2D eigenvalue weighted by atomic mass is 32.1. The maximum atomic E-state index is 13.3. The van der Waals surface area contributed by atoms with Gasteiger partial charge in [-0.3, -0.25) is 9.59 Å². The second-order valence-electron chi connectivity index (χ2n) is 7.48. The zero-order valence-electron chi connectivity index (χ0n) is 15.9. The maximum absolute atomic E-state index is 13.3. The van der Waals surface area contributed by atoms with E-state index in [-0.39, 0.29) is 23.8 Å². The number of carbonyl (C=O) groups is 2. The molecule has 0 bridgehead atoms. The molecule has 1 unspecified atom stereocenters. The molecular weight excluding hydrogens is 376 g/mol. The van der Waals surface area contributed by atoms with Crippen LogP contribution in [-0.4, -0.2) is 54.0 Å². The first-order chi connectivity index (χ1) is 13.7. The van der Waals surface area contributed by atoms with Crippen molar-refractivity contribution in [3.63, 3.8) is 0 Å². The van der Waals surface area contributed by atoms with Crippen LogP contribution >= 0.6 is 11.3 Å². The maximum Gasteiger partial charge on any atom is 0.289 e. The minimum absolute atomic E-state index is 0.0398. The number of amides is 2. The van der Waals surface area contributed by atoms with Crippen LogP contribution in [0.1, 0.15) is 41.1 Å². The molecule has 4 rings (SSSR count). The van der Waals surface area contributed by atoms with E-state index in [4.69, 9.17) is 9.15 Å². The average Bonchev–Trinajstić information content (AvgIpc) is 3.50. The van der Waals surface area contributed by atoms with Crippen molar-refractivity contribution >= 4 is 23.2 Å². The predicted octanol–water partition coefficient (Wildman–Crippen LogP) is 3.40. The van der Waals surface area contributed by atoms with Gasteiger partial charge in [-0.2, -0.15) is 0 Å². The molecule has 0 aromatic carbocycles. The molecule has 0 N–H and O–H groups in total. The van der Waals surface area contributed by atoms with Crippen molar-refractivity contribution in [1.82, 2.24) is 9.80 Å². The Morgan fingerprint density at radius 2 is 2.04 bits per heavy atom. The van der Waals surface area contributed by atoms with Crippen LogP contribution in [0.2, 0.25) is 0 Å². The number of carbonyl (C=O) groups excluding carboxylic acids is 2. The Bertz CT molecular complexity index is 760. The lowest BCUT2D eigenvalue weighted by Gasteiger charge is -2.34. The van der Waals surface area contributed by atoms with Gasteiger partial charge in [-0.1, -0.05) is 6.07 Å². The first kappa shape index (κ1) is 19.2. The molecule has 2 aliphatic rings. The molecule has 2 aromatic heterocycles. The number of furan rings is 1. The van der Waals surface area contributed by atoms with E-state index in [1.54, 1.807) is 28.4 Å². The molecule has 0 radical (unpaired) electrons. The quantitative estimate of drug-likeness (QED) is 0.743. The van der Waals surface area contributed by atoms with E-state index in [2.05, 4.69) is 6.07 Å². The molecule has 2 saturated heterocycles. The molecule has 150 valence electrons. The van der Waals surface area contributed by atoms with Gasteiger partial charge in [0.15, 0.2) is 5.76 Å². The van der Waals surface area contributed by atoms with E-state index in [1.165, 1.54) is 11.1 Å². The highest BCUT2D eigenvalue weighted by Gasteiger charge is 2.32. The van der Waals surface area contributed by atoms with Crippen molar-refractivity contribution < 1.29 is 18.7 Å². The van der Waals surface area contributed by atoms with Crippen LogP contribution in [0.15, 0.2) is 40.3 Å². The number of piperidine rings is 1. The zero-order chi connectivity index (χ0) is 19.3. The van der Waals surface area contributed by atoms with Gasteiger partial charge < -0.3 is 19.0 Å². The average molecular weight is 403 g/mol. The van der Waals surface area contributed by atoms with Crippen LogP contribution in [0.3, 0.4) is 0 Å².